The summed E-state index contributed by atoms with van der Waals surface area (Å²) in [5.41, 5.74) is 4.14. The van der Waals surface area contributed by atoms with Crippen molar-refractivity contribution in [2.75, 3.05) is 18.5 Å². The lowest BCUT2D eigenvalue weighted by atomic mass is 10.1. The summed E-state index contributed by atoms with van der Waals surface area (Å²) in [6.45, 7) is 7.43. The van der Waals surface area contributed by atoms with Crippen molar-refractivity contribution in [2.45, 2.75) is 71.3 Å². The molecule has 0 aliphatic carbocycles. The zero-order chi connectivity index (χ0) is 28.3. The first kappa shape index (κ1) is 30.5. The van der Waals surface area contributed by atoms with Gasteiger partial charge in [0.1, 0.15) is 11.6 Å². The number of aromatic nitrogens is 2. The second kappa shape index (κ2) is 18.3. The van der Waals surface area contributed by atoms with Gasteiger partial charge in [-0.05, 0) is 73.2 Å². The van der Waals surface area contributed by atoms with Crippen LogP contribution in [0.4, 0.5) is 11.5 Å². The molecule has 0 fully saturated rings. The van der Waals surface area contributed by atoms with Gasteiger partial charge in [-0.3, -0.25) is 4.99 Å². The zero-order valence-corrected chi connectivity index (χ0v) is 23.7. The van der Waals surface area contributed by atoms with Gasteiger partial charge in [0.25, 0.3) is 0 Å². The van der Waals surface area contributed by atoms with E-state index >= 15 is 0 Å². The number of benzene rings is 2. The molecule has 0 atom stereocenters. The quantitative estimate of drug-likeness (QED) is 0.0725. The molecule has 3 rings (SSSR count). The normalized spacial score (nSPS) is 10.9. The highest BCUT2D eigenvalue weighted by Gasteiger charge is 2.00. The Hall–Kier alpha value is -4.00. The molecule has 0 saturated carbocycles. The van der Waals surface area contributed by atoms with Crippen LogP contribution in [0, 0.1) is 0 Å². The van der Waals surface area contributed by atoms with Crippen LogP contribution in [-0.4, -0.2) is 35.6 Å². The van der Waals surface area contributed by atoms with Gasteiger partial charge < -0.3 is 14.8 Å². The van der Waals surface area contributed by atoms with E-state index in [1.165, 1.54) is 24.5 Å². The second-order valence-electron chi connectivity index (χ2n) is 9.70. The average Bonchev–Trinajstić information content (AvgIpc) is 3.00. The molecule has 0 spiro atoms. The van der Waals surface area contributed by atoms with Crippen molar-refractivity contribution in [2.24, 2.45) is 4.99 Å². The van der Waals surface area contributed by atoms with Crippen LogP contribution in [0.3, 0.4) is 0 Å². The standard InChI is InChI=1S/C33H42N4O3/c1-3-5-9-12-30-19-22-32(37-36-30)35-26-28-15-13-27(14-16-28)25-34-29-17-20-31(21-18-29)39-23-10-7-6-8-11-24-40-33(38)4-2/h4,13-22,25H,2-3,5-12,23-24,26H2,1H3,(H,35,37). The van der Waals surface area contributed by atoms with Crippen LogP contribution in [0.1, 0.15) is 75.1 Å². The molecule has 7 heteroatoms. The Morgan fingerprint density at radius 2 is 1.62 bits per heavy atom. The minimum Gasteiger partial charge on any atom is -0.494 e. The molecular formula is C33H42N4O3. The summed E-state index contributed by atoms with van der Waals surface area (Å²) < 4.78 is 10.8. The van der Waals surface area contributed by atoms with E-state index in [4.69, 9.17) is 9.47 Å². The van der Waals surface area contributed by atoms with E-state index in [1.807, 2.05) is 36.5 Å². The Labute approximate surface area is 238 Å². The fraction of sp³-hybridized carbons (Fsp3) is 0.394. The Morgan fingerprint density at radius 3 is 2.33 bits per heavy atom. The maximum absolute atomic E-state index is 11.0. The highest BCUT2D eigenvalue weighted by Crippen LogP contribution is 2.19. The predicted octanol–water partition coefficient (Wildman–Crippen LogP) is 7.63. The van der Waals surface area contributed by atoms with Gasteiger partial charge in [-0.1, -0.05) is 69.9 Å². The molecule has 212 valence electrons. The number of esters is 1. The Balaban J connectivity index is 1.31. The Bertz CT molecular complexity index is 1160. The molecule has 0 radical (unpaired) electrons. The number of rotatable bonds is 19. The van der Waals surface area contributed by atoms with Gasteiger partial charge >= 0.3 is 5.97 Å². The summed E-state index contributed by atoms with van der Waals surface area (Å²) >= 11 is 0. The van der Waals surface area contributed by atoms with Gasteiger partial charge in [0.2, 0.25) is 0 Å². The van der Waals surface area contributed by atoms with E-state index in [2.05, 4.69) is 64.3 Å². The SMILES string of the molecule is C=CC(=O)OCCCCCCCOc1ccc(N=Cc2ccc(CNc3ccc(CCCCC)nn3)cc2)cc1. The maximum Gasteiger partial charge on any atom is 0.330 e. The first-order valence-electron chi connectivity index (χ1n) is 14.4. The van der Waals surface area contributed by atoms with Gasteiger partial charge in [0.05, 0.1) is 24.6 Å². The molecule has 40 heavy (non-hydrogen) atoms. The third-order valence-corrected chi connectivity index (χ3v) is 6.38. The molecule has 2 aromatic carbocycles. The van der Waals surface area contributed by atoms with Gasteiger partial charge in [0.15, 0.2) is 0 Å². The van der Waals surface area contributed by atoms with Gasteiger partial charge in [-0.15, -0.1) is 5.10 Å². The number of nitrogens with zero attached hydrogens (tertiary/aromatic N) is 3. The molecule has 1 heterocycles. The summed E-state index contributed by atoms with van der Waals surface area (Å²) in [5, 5.41) is 12.0. The molecule has 1 N–H and O–H groups in total. The maximum atomic E-state index is 11.0. The summed E-state index contributed by atoms with van der Waals surface area (Å²) in [4.78, 5) is 15.6. The van der Waals surface area contributed by atoms with Gasteiger partial charge in [-0.25, -0.2) is 4.79 Å². The number of carbonyl (C=O) groups is 1. The number of hydrogen-bond acceptors (Lipinski definition) is 7. The van der Waals surface area contributed by atoms with Crippen LogP contribution in [-0.2, 0) is 22.5 Å². The lowest BCUT2D eigenvalue weighted by molar-refractivity contribution is -0.137. The third kappa shape index (κ3) is 12.2. The van der Waals surface area contributed by atoms with Crippen LogP contribution in [0.5, 0.6) is 5.75 Å². The van der Waals surface area contributed by atoms with Gasteiger partial charge in [0, 0.05) is 18.8 Å². The minimum atomic E-state index is -0.353. The number of nitrogens with one attached hydrogen (secondary N) is 1. The molecule has 0 aliphatic heterocycles. The summed E-state index contributed by atoms with van der Waals surface area (Å²) in [7, 11) is 0. The molecule has 0 bridgehead atoms. The molecular weight excluding hydrogens is 500 g/mol. The molecule has 0 aliphatic rings. The van der Waals surface area contributed by atoms with E-state index in [0.717, 1.165) is 73.5 Å². The van der Waals surface area contributed by atoms with Crippen molar-refractivity contribution in [3.63, 3.8) is 0 Å². The van der Waals surface area contributed by atoms with Crippen molar-refractivity contribution in [3.8, 4) is 5.75 Å². The Kier molecular flexibility index (Phi) is 14.0. The van der Waals surface area contributed by atoms with Gasteiger partial charge in [-0.2, -0.15) is 5.10 Å². The third-order valence-electron chi connectivity index (χ3n) is 6.38. The largest absolute Gasteiger partial charge is 0.494 e. The minimum absolute atomic E-state index is 0.353. The fourth-order valence-corrected chi connectivity index (χ4v) is 3.99. The number of hydrogen-bond donors (Lipinski definition) is 1. The highest BCUT2D eigenvalue weighted by atomic mass is 16.5. The molecule has 3 aromatic rings. The average molecular weight is 543 g/mol. The molecule has 0 amide bonds. The van der Waals surface area contributed by atoms with E-state index in [1.54, 1.807) is 0 Å². The van der Waals surface area contributed by atoms with E-state index in [9.17, 15) is 4.79 Å². The first-order valence-corrected chi connectivity index (χ1v) is 14.4. The number of anilines is 1. The van der Waals surface area contributed by atoms with E-state index < -0.39 is 0 Å². The van der Waals surface area contributed by atoms with Crippen LogP contribution in [0.25, 0.3) is 0 Å². The van der Waals surface area contributed by atoms with Crippen molar-refractivity contribution < 1.29 is 14.3 Å². The predicted molar refractivity (Wildman–Crippen MR) is 162 cm³/mol. The molecule has 1 aromatic heterocycles. The van der Waals surface area contributed by atoms with Crippen molar-refractivity contribution in [3.05, 3.63) is 90.1 Å². The van der Waals surface area contributed by atoms with Crippen LogP contribution in [0.15, 0.2) is 78.3 Å². The van der Waals surface area contributed by atoms with Crippen molar-refractivity contribution >= 4 is 23.7 Å². The molecule has 7 nitrogen and oxygen atoms in total. The second-order valence-corrected chi connectivity index (χ2v) is 9.70. The number of ether oxygens (including phenoxy) is 2. The molecule has 0 unspecified atom stereocenters. The molecule has 0 saturated heterocycles. The van der Waals surface area contributed by atoms with Crippen LogP contribution < -0.4 is 10.1 Å². The van der Waals surface area contributed by atoms with E-state index in [0.29, 0.717) is 19.8 Å². The van der Waals surface area contributed by atoms with Crippen molar-refractivity contribution in [1.29, 1.82) is 0 Å². The lowest BCUT2D eigenvalue weighted by Gasteiger charge is -2.07. The number of aryl methyl sites for hydroxylation is 1. The summed E-state index contributed by atoms with van der Waals surface area (Å²) in [6.07, 6.45) is 12.8. The van der Waals surface area contributed by atoms with Crippen LogP contribution >= 0.6 is 0 Å². The first-order chi connectivity index (χ1) is 19.7. The van der Waals surface area contributed by atoms with Crippen LogP contribution in [0.2, 0.25) is 0 Å². The smallest absolute Gasteiger partial charge is 0.330 e. The highest BCUT2D eigenvalue weighted by molar-refractivity contribution is 5.82. The lowest BCUT2D eigenvalue weighted by Crippen LogP contribution is -2.03. The number of carbonyl (C=O) groups excluding carboxylic acids is 1. The monoisotopic (exact) mass is 542 g/mol. The number of aliphatic imine (C=N–C) groups is 1. The number of unbranched alkanes of at least 4 members (excludes halogenated alkanes) is 6. The fourth-order valence-electron chi connectivity index (χ4n) is 3.99. The summed E-state index contributed by atoms with van der Waals surface area (Å²) in [6, 6.07) is 20.2. The Morgan fingerprint density at radius 1 is 0.875 bits per heavy atom. The zero-order valence-electron chi connectivity index (χ0n) is 23.7. The van der Waals surface area contributed by atoms with E-state index in [-0.39, 0.29) is 5.97 Å². The topological polar surface area (TPSA) is 85.7 Å². The van der Waals surface area contributed by atoms with Crippen molar-refractivity contribution in [1.82, 2.24) is 10.2 Å². The summed E-state index contributed by atoms with van der Waals surface area (Å²) in [5.74, 6) is 1.29.